The van der Waals surface area contributed by atoms with Crippen molar-refractivity contribution in [3.8, 4) is 0 Å². The van der Waals surface area contributed by atoms with E-state index in [4.69, 9.17) is 22.5 Å². The largest absolute Gasteiger partial charge is 0.316 e. The first-order chi connectivity index (χ1) is 25.5. The summed E-state index contributed by atoms with van der Waals surface area (Å²) in [5, 5.41) is 9.05. The molecule has 0 radical (unpaired) electrons. The molecule has 0 saturated carbocycles. The Morgan fingerprint density at radius 3 is 0.774 bits per heavy atom. The fourth-order valence-electron chi connectivity index (χ4n) is 6.27. The summed E-state index contributed by atoms with van der Waals surface area (Å²) in [6, 6.07) is 73.8. The summed E-state index contributed by atoms with van der Waals surface area (Å²) in [6.45, 7) is 2.09. The summed E-state index contributed by atoms with van der Waals surface area (Å²) in [5.74, 6) is 0. The smallest absolute Gasteiger partial charge is 0 e. The Hall–Kier alpha value is -3.01. The van der Waals surface area contributed by atoms with Gasteiger partial charge in [0, 0.05) is 19.5 Å². The Kier molecular flexibility index (Phi) is 16.0. The number of rotatable bonds is 13. The van der Waals surface area contributed by atoms with Gasteiger partial charge in [0.1, 0.15) is 0 Å². The Morgan fingerprint density at radius 2 is 0.547 bits per heavy atom. The third-order valence-electron chi connectivity index (χ3n) is 8.92. The fraction of sp³-hybridized carbons (Fsp3) is 0.0870. The average molecular weight is 876 g/mol. The summed E-state index contributed by atoms with van der Waals surface area (Å²) >= 11 is 14.5. The van der Waals surface area contributed by atoms with E-state index in [9.17, 15) is 0 Å². The molecule has 7 rings (SSSR count). The molecule has 0 atom stereocenters. The van der Waals surface area contributed by atoms with Crippen LogP contribution in [0, 0.1) is 0 Å². The molecule has 7 aromatic carbocycles. The van der Waals surface area contributed by atoms with Crippen molar-refractivity contribution >= 4 is 80.8 Å². The summed E-state index contributed by atoms with van der Waals surface area (Å²) in [6.07, 6.45) is 2.33. The monoisotopic (exact) mass is 875 g/mol. The third kappa shape index (κ3) is 10.6. The Labute approximate surface area is 341 Å². The van der Waals surface area contributed by atoms with Gasteiger partial charge in [-0.25, -0.2) is 0 Å². The Bertz CT molecular complexity index is 1780. The van der Waals surface area contributed by atoms with Crippen LogP contribution in [0.15, 0.2) is 212 Å². The van der Waals surface area contributed by atoms with E-state index in [-0.39, 0.29) is 35.3 Å². The predicted octanol–water partition coefficient (Wildman–Crippen LogP) is 9.66. The molecule has 1 nitrogen and oxygen atoms in total. The van der Waals surface area contributed by atoms with E-state index in [0.717, 1.165) is 41.3 Å². The van der Waals surface area contributed by atoms with Gasteiger partial charge in [-0.15, -0.1) is 0 Å². The molecule has 270 valence electrons. The van der Waals surface area contributed by atoms with Crippen molar-refractivity contribution in [3.05, 3.63) is 212 Å². The minimum atomic E-state index is -3.43. The molecule has 1 N–H and O–H groups in total. The van der Waals surface area contributed by atoms with Crippen molar-refractivity contribution in [2.75, 3.05) is 25.4 Å². The maximum atomic E-state index is 7.27. The van der Waals surface area contributed by atoms with Crippen LogP contribution in [0.5, 0.6) is 0 Å². The van der Waals surface area contributed by atoms with Crippen molar-refractivity contribution in [2.24, 2.45) is 0 Å². The van der Waals surface area contributed by atoms with Crippen LogP contribution in [0.3, 0.4) is 0 Å². The number of nitrogens with one attached hydrogen (secondary N) is 1. The number of hydrogen-bond acceptors (Lipinski definition) is 1. The van der Waals surface area contributed by atoms with Crippen LogP contribution in [0.4, 0.5) is 0 Å². The van der Waals surface area contributed by atoms with Gasteiger partial charge >= 0.3 is 135 Å². The van der Waals surface area contributed by atoms with Gasteiger partial charge in [0.2, 0.25) is 0 Å². The molecule has 0 heterocycles. The zero-order valence-corrected chi connectivity index (χ0v) is 35.4. The molecule has 0 fully saturated rings. The second-order valence-electron chi connectivity index (χ2n) is 12.3. The van der Waals surface area contributed by atoms with Gasteiger partial charge in [0.25, 0.3) is 0 Å². The van der Waals surface area contributed by atoms with Gasteiger partial charge in [-0.2, -0.15) is 0 Å². The molecular formula is C46H44Cl2NP3Ru. The normalized spacial score (nSPS) is 11.8. The van der Waals surface area contributed by atoms with Gasteiger partial charge in [-0.3, -0.25) is 0 Å². The molecule has 0 unspecified atom stereocenters. The average Bonchev–Trinajstić information content (AvgIpc) is 3.23. The number of hydrogen-bond donors (Lipinski definition) is 1. The molecule has 0 aromatic heterocycles. The zero-order chi connectivity index (χ0) is 35.9. The SMILES string of the molecule is ClP(Cl)(c1ccccc1)(c1ccccc1)c1ccccc1.[Ru].c1ccc(P(CCNCCP(c2ccccc2)c2ccccc2)c2ccccc2)cc1. The minimum absolute atomic E-state index is 0. The van der Waals surface area contributed by atoms with E-state index in [1.807, 2.05) is 91.0 Å². The van der Waals surface area contributed by atoms with Crippen LogP contribution in [-0.2, 0) is 19.5 Å². The fourth-order valence-corrected chi connectivity index (χ4v) is 15.8. The van der Waals surface area contributed by atoms with E-state index < -0.39 is 5.31 Å². The first-order valence-corrected chi connectivity index (χ1v) is 24.7. The van der Waals surface area contributed by atoms with E-state index in [2.05, 4.69) is 127 Å². The van der Waals surface area contributed by atoms with Crippen LogP contribution in [0.2, 0.25) is 0 Å². The molecule has 53 heavy (non-hydrogen) atoms. The summed E-state index contributed by atoms with van der Waals surface area (Å²) in [5.41, 5.74) is 0. The number of halogens is 2. The predicted molar refractivity (Wildman–Crippen MR) is 238 cm³/mol. The molecular weight excluding hydrogens is 831 g/mol. The van der Waals surface area contributed by atoms with Crippen molar-refractivity contribution in [2.45, 2.75) is 0 Å². The van der Waals surface area contributed by atoms with Crippen molar-refractivity contribution in [1.82, 2.24) is 5.32 Å². The summed E-state index contributed by atoms with van der Waals surface area (Å²) < 4.78 is 0. The van der Waals surface area contributed by atoms with Crippen LogP contribution in [-0.4, -0.2) is 25.4 Å². The van der Waals surface area contributed by atoms with Gasteiger partial charge in [-0.05, 0) is 62.5 Å². The summed E-state index contributed by atoms with van der Waals surface area (Å²) in [7, 11) is -0.655. The quantitative estimate of drug-likeness (QED) is 0.0692. The molecule has 7 heteroatoms. The third-order valence-corrected chi connectivity index (χ3v) is 21.1. The van der Waals surface area contributed by atoms with Gasteiger partial charge < -0.3 is 5.32 Å². The zero-order valence-electron chi connectivity index (χ0n) is 29.5. The van der Waals surface area contributed by atoms with Gasteiger partial charge in [0.05, 0.1) is 0 Å². The molecule has 0 aliphatic rings. The van der Waals surface area contributed by atoms with Gasteiger partial charge in [-0.1, -0.05) is 121 Å². The van der Waals surface area contributed by atoms with Crippen molar-refractivity contribution in [3.63, 3.8) is 0 Å². The topological polar surface area (TPSA) is 12.0 Å². The molecule has 0 aliphatic carbocycles. The van der Waals surface area contributed by atoms with Crippen molar-refractivity contribution < 1.29 is 19.5 Å². The maximum Gasteiger partial charge on any atom is 0 e. The maximum absolute atomic E-state index is 7.27. The number of benzene rings is 7. The van der Waals surface area contributed by atoms with Crippen molar-refractivity contribution in [1.29, 1.82) is 0 Å². The Morgan fingerprint density at radius 1 is 0.340 bits per heavy atom. The minimum Gasteiger partial charge on any atom is -0.316 e. The molecule has 7 aromatic rings. The standard InChI is InChI=1S/C28H29NP2.C18H15Cl2P.Ru/c1-5-13-25(14-6-1)30(26-15-7-2-8-16-26)23-21-29-22-24-31(27-17-9-3-10-18-27)28-19-11-4-12-20-28;19-21(20,16-10-4-1-5-11-16,17-12-6-2-7-13-17)18-14-8-3-9-15-18;/h1-20,29H,21-24H2;1-15H;. The van der Waals surface area contributed by atoms with Crippen LogP contribution >= 0.6 is 43.6 Å². The first-order valence-electron chi connectivity index (χ1n) is 17.6. The molecule has 0 aliphatic heterocycles. The van der Waals surface area contributed by atoms with E-state index in [0.29, 0.717) is 0 Å². The second kappa shape index (κ2) is 20.6. The van der Waals surface area contributed by atoms with Gasteiger partial charge in [0.15, 0.2) is 0 Å². The molecule has 0 saturated heterocycles. The first kappa shape index (κ1) is 41.2. The van der Waals surface area contributed by atoms with E-state index in [1.54, 1.807) is 0 Å². The van der Waals surface area contributed by atoms with E-state index in [1.165, 1.54) is 21.2 Å². The molecule has 0 amide bonds. The van der Waals surface area contributed by atoms with Crippen LogP contribution in [0.1, 0.15) is 0 Å². The van der Waals surface area contributed by atoms with Crippen LogP contribution in [0.25, 0.3) is 0 Å². The summed E-state index contributed by atoms with van der Waals surface area (Å²) in [4.78, 5) is 0. The Balaban J connectivity index is 0.000000215. The molecule has 0 bridgehead atoms. The second-order valence-corrected chi connectivity index (χ2v) is 24.9. The van der Waals surface area contributed by atoms with Crippen LogP contribution < -0.4 is 42.4 Å². The molecule has 0 spiro atoms. The van der Waals surface area contributed by atoms with E-state index >= 15 is 0 Å².